The van der Waals surface area contributed by atoms with Crippen LogP contribution in [0.5, 0.6) is 5.75 Å². The van der Waals surface area contributed by atoms with Gasteiger partial charge in [-0.05, 0) is 23.3 Å². The smallest absolute Gasteiger partial charge is 0.362 e. The monoisotopic (exact) mass is 276 g/mol. The van der Waals surface area contributed by atoms with E-state index in [1.807, 2.05) is 42.5 Å². The molecule has 0 bridgehead atoms. The van der Waals surface area contributed by atoms with Crippen LogP contribution >= 0.6 is 0 Å². The molecule has 2 rings (SSSR count). The highest BCUT2D eigenvalue weighted by Crippen LogP contribution is 2.15. The van der Waals surface area contributed by atoms with E-state index in [2.05, 4.69) is 4.18 Å². The number of rotatable bonds is 4. The quantitative estimate of drug-likeness (QED) is 0.688. The summed E-state index contributed by atoms with van der Waals surface area (Å²) >= 11 is 0. The van der Waals surface area contributed by atoms with Crippen molar-refractivity contribution < 1.29 is 17.2 Å². The molecule has 2 aromatic carbocycles. The molecule has 0 heterocycles. The van der Waals surface area contributed by atoms with Gasteiger partial charge >= 0.3 is 10.4 Å². The first-order chi connectivity index (χ1) is 9.03. The van der Waals surface area contributed by atoms with Gasteiger partial charge in [-0.3, -0.25) is 4.55 Å². The molecule has 0 aromatic heterocycles. The van der Waals surface area contributed by atoms with E-state index >= 15 is 0 Å². The zero-order valence-corrected chi connectivity index (χ0v) is 10.7. The first-order valence-electron chi connectivity index (χ1n) is 5.53. The lowest BCUT2D eigenvalue weighted by Crippen LogP contribution is -2.06. The van der Waals surface area contributed by atoms with E-state index < -0.39 is 10.4 Å². The van der Waals surface area contributed by atoms with Crippen molar-refractivity contribution in [1.82, 2.24) is 0 Å². The molecule has 0 aliphatic heterocycles. The highest BCUT2D eigenvalue weighted by atomic mass is 32.3. The van der Waals surface area contributed by atoms with Crippen molar-refractivity contribution in [2.24, 2.45) is 0 Å². The van der Waals surface area contributed by atoms with Crippen LogP contribution in [0.1, 0.15) is 11.1 Å². The molecule has 0 atom stereocenters. The summed E-state index contributed by atoms with van der Waals surface area (Å²) in [4.78, 5) is 0. The van der Waals surface area contributed by atoms with Gasteiger partial charge in [0, 0.05) is 0 Å². The Hall–Kier alpha value is -2.11. The summed E-state index contributed by atoms with van der Waals surface area (Å²) in [5.74, 6) is 0.0689. The second-order valence-corrected chi connectivity index (χ2v) is 4.85. The molecule has 0 aliphatic rings. The van der Waals surface area contributed by atoms with E-state index in [-0.39, 0.29) is 5.75 Å². The Morgan fingerprint density at radius 3 is 1.89 bits per heavy atom. The Morgan fingerprint density at radius 2 is 1.37 bits per heavy atom. The highest BCUT2D eigenvalue weighted by molar-refractivity contribution is 7.81. The first kappa shape index (κ1) is 13.3. The fourth-order valence-electron chi connectivity index (χ4n) is 1.51. The molecule has 1 N–H and O–H groups in total. The van der Waals surface area contributed by atoms with Gasteiger partial charge < -0.3 is 4.18 Å². The van der Waals surface area contributed by atoms with Gasteiger partial charge in [0.15, 0.2) is 0 Å². The number of hydrogen-bond acceptors (Lipinski definition) is 3. The second-order valence-electron chi connectivity index (χ2n) is 3.82. The molecule has 0 amide bonds. The van der Waals surface area contributed by atoms with Gasteiger partial charge in [0.2, 0.25) is 0 Å². The van der Waals surface area contributed by atoms with Crippen LogP contribution in [0.2, 0.25) is 0 Å². The van der Waals surface area contributed by atoms with Gasteiger partial charge in [0.1, 0.15) is 5.75 Å². The summed E-state index contributed by atoms with van der Waals surface area (Å²) in [5, 5.41) is 0. The average Bonchev–Trinajstić information content (AvgIpc) is 2.37. The van der Waals surface area contributed by atoms with Crippen LogP contribution in [0.3, 0.4) is 0 Å². The maximum Gasteiger partial charge on any atom is 0.446 e. The van der Waals surface area contributed by atoms with E-state index in [9.17, 15) is 8.42 Å². The lowest BCUT2D eigenvalue weighted by molar-refractivity contribution is 0.387. The summed E-state index contributed by atoms with van der Waals surface area (Å²) in [6, 6.07) is 16.1. The SMILES string of the molecule is O=S(=O)(O)Oc1ccc(C=Cc2ccccc2)cc1. The maximum atomic E-state index is 10.5. The second kappa shape index (κ2) is 5.69. The molecule has 0 aliphatic carbocycles. The van der Waals surface area contributed by atoms with Gasteiger partial charge in [0.25, 0.3) is 0 Å². The predicted molar refractivity (Wildman–Crippen MR) is 74.0 cm³/mol. The van der Waals surface area contributed by atoms with Crippen molar-refractivity contribution >= 4 is 22.6 Å². The van der Waals surface area contributed by atoms with Crippen LogP contribution in [0.4, 0.5) is 0 Å². The number of benzene rings is 2. The van der Waals surface area contributed by atoms with Crippen molar-refractivity contribution in [1.29, 1.82) is 0 Å². The first-order valence-corrected chi connectivity index (χ1v) is 6.89. The van der Waals surface area contributed by atoms with Crippen LogP contribution in [0.15, 0.2) is 54.6 Å². The third kappa shape index (κ3) is 4.57. The summed E-state index contributed by atoms with van der Waals surface area (Å²) in [6.45, 7) is 0. The van der Waals surface area contributed by atoms with Crippen LogP contribution < -0.4 is 4.18 Å². The molecule has 0 fully saturated rings. The molecule has 2 aromatic rings. The molecule has 0 saturated carbocycles. The van der Waals surface area contributed by atoms with Gasteiger partial charge in [-0.15, -0.1) is 0 Å². The van der Waals surface area contributed by atoms with Crippen molar-refractivity contribution in [3.63, 3.8) is 0 Å². The molecule has 4 nitrogen and oxygen atoms in total. The van der Waals surface area contributed by atoms with Gasteiger partial charge in [0.05, 0.1) is 0 Å². The van der Waals surface area contributed by atoms with Crippen molar-refractivity contribution in [2.45, 2.75) is 0 Å². The zero-order valence-electron chi connectivity index (χ0n) is 9.93. The van der Waals surface area contributed by atoms with Crippen LogP contribution in [0.25, 0.3) is 12.2 Å². The van der Waals surface area contributed by atoms with Gasteiger partial charge in [-0.25, -0.2) is 0 Å². The molecule has 19 heavy (non-hydrogen) atoms. The Morgan fingerprint density at radius 1 is 0.842 bits per heavy atom. The Balaban J connectivity index is 2.09. The van der Waals surface area contributed by atoms with Crippen molar-refractivity contribution in [2.75, 3.05) is 0 Å². The van der Waals surface area contributed by atoms with E-state index in [1.165, 1.54) is 12.1 Å². The fraction of sp³-hybridized carbons (Fsp3) is 0. The minimum Gasteiger partial charge on any atom is -0.362 e. The Kier molecular flexibility index (Phi) is 3.99. The minimum absolute atomic E-state index is 0.0689. The standard InChI is InChI=1S/C14H12O4S/c15-19(16,17)18-14-10-8-13(9-11-14)7-6-12-4-2-1-3-5-12/h1-11H,(H,15,16,17). The predicted octanol–water partition coefficient (Wildman–Crippen LogP) is 3.04. The summed E-state index contributed by atoms with van der Waals surface area (Å²) < 4.78 is 33.9. The van der Waals surface area contributed by atoms with Crippen LogP contribution in [0, 0.1) is 0 Å². The van der Waals surface area contributed by atoms with Gasteiger partial charge in [-0.2, -0.15) is 8.42 Å². The summed E-state index contributed by atoms with van der Waals surface area (Å²) in [5.41, 5.74) is 1.97. The lowest BCUT2D eigenvalue weighted by Gasteiger charge is -2.01. The topological polar surface area (TPSA) is 63.6 Å². The molecular formula is C14H12O4S. The minimum atomic E-state index is -4.46. The summed E-state index contributed by atoms with van der Waals surface area (Å²) in [6.07, 6.45) is 3.84. The third-order valence-electron chi connectivity index (χ3n) is 2.35. The third-order valence-corrected chi connectivity index (χ3v) is 2.75. The van der Waals surface area contributed by atoms with Gasteiger partial charge in [-0.1, -0.05) is 54.6 Å². The fourth-order valence-corrected chi connectivity index (χ4v) is 1.87. The van der Waals surface area contributed by atoms with Crippen molar-refractivity contribution in [3.8, 4) is 5.75 Å². The molecule has 0 radical (unpaired) electrons. The Bertz CT molecular complexity index is 658. The number of hydrogen-bond donors (Lipinski definition) is 1. The molecule has 0 spiro atoms. The zero-order chi connectivity index (χ0) is 13.7. The Labute approximate surface area is 111 Å². The van der Waals surface area contributed by atoms with Crippen LogP contribution in [-0.4, -0.2) is 13.0 Å². The normalized spacial score (nSPS) is 11.6. The summed E-state index contributed by atoms with van der Waals surface area (Å²) in [7, 11) is -4.46. The van der Waals surface area contributed by atoms with E-state index in [4.69, 9.17) is 4.55 Å². The van der Waals surface area contributed by atoms with E-state index in [0.717, 1.165) is 11.1 Å². The molecular weight excluding hydrogens is 264 g/mol. The molecule has 98 valence electrons. The van der Waals surface area contributed by atoms with Crippen molar-refractivity contribution in [3.05, 3.63) is 65.7 Å². The van der Waals surface area contributed by atoms with Crippen LogP contribution in [-0.2, 0) is 10.4 Å². The maximum absolute atomic E-state index is 10.5. The largest absolute Gasteiger partial charge is 0.446 e. The van der Waals surface area contributed by atoms with E-state index in [0.29, 0.717) is 0 Å². The average molecular weight is 276 g/mol. The lowest BCUT2D eigenvalue weighted by atomic mass is 10.1. The highest BCUT2D eigenvalue weighted by Gasteiger charge is 2.05. The van der Waals surface area contributed by atoms with E-state index in [1.54, 1.807) is 12.1 Å². The molecule has 0 unspecified atom stereocenters. The molecule has 5 heteroatoms. The molecule has 0 saturated heterocycles.